The lowest BCUT2D eigenvalue weighted by molar-refractivity contribution is 0.0593. The van der Waals surface area contributed by atoms with E-state index in [0.717, 1.165) is 11.1 Å². The van der Waals surface area contributed by atoms with Gasteiger partial charge in [-0.1, -0.05) is 32.1 Å². The molecular weight excluding hydrogens is 538 g/mol. The summed E-state index contributed by atoms with van der Waals surface area (Å²) in [7, 11) is 0. The summed E-state index contributed by atoms with van der Waals surface area (Å²) < 4.78 is 30.8. The van der Waals surface area contributed by atoms with Crippen LogP contribution in [0.2, 0.25) is 0 Å². The minimum atomic E-state index is -2.56. The standard InChI is InChI=1S/C30H28F2N10/c1-29(2,3)17-36-26-19(14-34)15-35-25-18(13-33)11-20(12-22(25)26)38-27(21-5-4-10-41-24(21)6-9-37-41)23-16-42(40-39-23)30(7-8-30)28(31)32/h4-6,9-12,15-16,27-28,38H,7-8,17H2,1-3H3,(H,35,36). The highest BCUT2D eigenvalue weighted by Gasteiger charge is 2.54. The molecule has 10 nitrogen and oxygen atoms in total. The van der Waals surface area contributed by atoms with Crippen LogP contribution in [-0.2, 0) is 5.54 Å². The SMILES string of the molecule is CC(C)(C)CNc1c(C#N)cnc2c(C#N)cc(NC(c3cn(C4(C(F)F)CC4)nn3)c3cccn4nccc34)cc12. The smallest absolute Gasteiger partial charge is 0.263 e. The first kappa shape index (κ1) is 27.1. The van der Waals surface area contributed by atoms with Crippen LogP contribution < -0.4 is 10.6 Å². The number of pyridine rings is 2. The highest BCUT2D eigenvalue weighted by atomic mass is 19.3. The molecule has 6 rings (SSSR count). The van der Waals surface area contributed by atoms with Gasteiger partial charge in [-0.3, -0.25) is 4.98 Å². The van der Waals surface area contributed by atoms with Crippen LogP contribution in [0.4, 0.5) is 20.2 Å². The monoisotopic (exact) mass is 566 g/mol. The van der Waals surface area contributed by atoms with Crippen molar-refractivity contribution in [3.8, 4) is 12.1 Å². The lowest BCUT2D eigenvalue weighted by atomic mass is 9.96. The Bertz CT molecular complexity index is 1880. The van der Waals surface area contributed by atoms with Gasteiger partial charge in [0.2, 0.25) is 0 Å². The second-order valence-corrected chi connectivity index (χ2v) is 11.8. The molecule has 4 heterocycles. The van der Waals surface area contributed by atoms with Crippen molar-refractivity contribution in [2.45, 2.75) is 51.6 Å². The molecule has 0 bridgehead atoms. The van der Waals surface area contributed by atoms with Gasteiger partial charge in [0.15, 0.2) is 0 Å². The van der Waals surface area contributed by atoms with Crippen LogP contribution in [0, 0.1) is 28.1 Å². The number of hydrogen-bond donors (Lipinski definition) is 2. The average Bonchev–Trinajstić information content (AvgIpc) is 3.39. The molecule has 0 saturated heterocycles. The maximum Gasteiger partial charge on any atom is 0.263 e. The summed E-state index contributed by atoms with van der Waals surface area (Å²) >= 11 is 0. The zero-order valence-corrected chi connectivity index (χ0v) is 23.3. The second kappa shape index (κ2) is 10.1. The maximum absolute atomic E-state index is 13.9. The van der Waals surface area contributed by atoms with Gasteiger partial charge >= 0.3 is 0 Å². The van der Waals surface area contributed by atoms with E-state index in [2.05, 4.69) is 63.9 Å². The molecule has 42 heavy (non-hydrogen) atoms. The number of rotatable bonds is 8. The van der Waals surface area contributed by atoms with Gasteiger partial charge in [0.1, 0.15) is 23.4 Å². The van der Waals surface area contributed by atoms with Gasteiger partial charge in [0.05, 0.1) is 40.1 Å². The number of hydrogen-bond acceptors (Lipinski definition) is 8. The highest BCUT2D eigenvalue weighted by Crippen LogP contribution is 2.48. The maximum atomic E-state index is 13.9. The van der Waals surface area contributed by atoms with Crippen molar-refractivity contribution in [2.75, 3.05) is 17.2 Å². The molecule has 12 heteroatoms. The molecule has 1 unspecified atom stereocenters. The van der Waals surface area contributed by atoms with E-state index >= 15 is 0 Å². The van der Waals surface area contributed by atoms with Gasteiger partial charge in [-0.2, -0.15) is 15.6 Å². The van der Waals surface area contributed by atoms with Crippen LogP contribution in [0.5, 0.6) is 0 Å². The quantitative estimate of drug-likeness (QED) is 0.247. The van der Waals surface area contributed by atoms with Crippen molar-refractivity contribution in [1.82, 2.24) is 29.6 Å². The van der Waals surface area contributed by atoms with E-state index in [-0.39, 0.29) is 5.41 Å². The third-order valence-corrected chi connectivity index (χ3v) is 7.53. The molecule has 1 aliphatic rings. The number of nitrogens with zero attached hydrogens (tertiary/aromatic N) is 8. The molecule has 5 aromatic rings. The molecular formula is C30H28F2N10. The molecule has 1 atom stereocenters. The molecule has 0 spiro atoms. The first-order valence-electron chi connectivity index (χ1n) is 13.5. The Morgan fingerprint density at radius 3 is 2.60 bits per heavy atom. The highest BCUT2D eigenvalue weighted by molar-refractivity contribution is 5.99. The molecule has 1 saturated carbocycles. The van der Waals surface area contributed by atoms with Crippen LogP contribution in [0.25, 0.3) is 16.4 Å². The van der Waals surface area contributed by atoms with Crippen LogP contribution in [-0.4, -0.2) is 42.6 Å². The average molecular weight is 567 g/mol. The zero-order valence-electron chi connectivity index (χ0n) is 23.3. The largest absolute Gasteiger partial charge is 0.383 e. The number of aromatic nitrogens is 6. The van der Waals surface area contributed by atoms with E-state index in [4.69, 9.17) is 0 Å². The van der Waals surface area contributed by atoms with Crippen molar-refractivity contribution in [3.63, 3.8) is 0 Å². The van der Waals surface area contributed by atoms with E-state index in [1.807, 2.05) is 30.5 Å². The first-order chi connectivity index (χ1) is 20.1. The molecule has 1 aliphatic carbocycles. The molecule has 212 valence electrons. The molecule has 0 aliphatic heterocycles. The van der Waals surface area contributed by atoms with Gasteiger partial charge in [-0.25, -0.2) is 18.0 Å². The molecule has 0 amide bonds. The van der Waals surface area contributed by atoms with Gasteiger partial charge in [-0.05, 0) is 42.5 Å². The summed E-state index contributed by atoms with van der Waals surface area (Å²) in [4.78, 5) is 4.43. The zero-order chi connectivity index (χ0) is 29.6. The topological polar surface area (TPSA) is 133 Å². The molecule has 1 fully saturated rings. The van der Waals surface area contributed by atoms with Crippen molar-refractivity contribution >= 4 is 27.8 Å². The summed E-state index contributed by atoms with van der Waals surface area (Å²) in [6, 6.07) is 12.9. The number of benzene rings is 1. The number of anilines is 2. The number of alkyl halides is 2. The molecule has 4 aromatic heterocycles. The van der Waals surface area contributed by atoms with Gasteiger partial charge in [0.25, 0.3) is 6.43 Å². The summed E-state index contributed by atoms with van der Waals surface area (Å²) in [5.74, 6) is 0. The third kappa shape index (κ3) is 4.75. The first-order valence-corrected chi connectivity index (χ1v) is 13.5. The van der Waals surface area contributed by atoms with Crippen LogP contribution in [0.15, 0.2) is 55.1 Å². The predicted octanol–water partition coefficient (Wildman–Crippen LogP) is 5.63. The number of halogens is 2. The fourth-order valence-electron chi connectivity index (χ4n) is 5.10. The number of nitrogens with one attached hydrogen (secondary N) is 2. The Kier molecular flexibility index (Phi) is 6.49. The third-order valence-electron chi connectivity index (χ3n) is 7.53. The Labute approximate surface area is 240 Å². The minimum absolute atomic E-state index is 0.0752. The van der Waals surface area contributed by atoms with Crippen molar-refractivity contribution in [3.05, 3.63) is 77.5 Å². The van der Waals surface area contributed by atoms with Crippen LogP contribution >= 0.6 is 0 Å². The summed E-state index contributed by atoms with van der Waals surface area (Å²) in [5.41, 5.74) is 2.90. The Hall–Kier alpha value is -5.10. The minimum Gasteiger partial charge on any atom is -0.383 e. The Morgan fingerprint density at radius 1 is 1.12 bits per heavy atom. The molecule has 1 aromatic carbocycles. The fourth-order valence-corrected chi connectivity index (χ4v) is 5.10. The molecule has 0 radical (unpaired) electrons. The van der Waals surface area contributed by atoms with Gasteiger partial charge in [-0.15, -0.1) is 5.10 Å². The Morgan fingerprint density at radius 2 is 1.90 bits per heavy atom. The number of nitriles is 2. The van der Waals surface area contributed by atoms with Crippen molar-refractivity contribution in [1.29, 1.82) is 10.5 Å². The van der Waals surface area contributed by atoms with E-state index in [0.29, 0.717) is 58.5 Å². The van der Waals surface area contributed by atoms with Crippen molar-refractivity contribution < 1.29 is 8.78 Å². The summed E-state index contributed by atoms with van der Waals surface area (Å²) in [5, 5.41) is 40.2. The lowest BCUT2D eigenvalue weighted by Crippen LogP contribution is -2.26. The van der Waals surface area contributed by atoms with E-state index in [1.54, 1.807) is 23.0 Å². The van der Waals surface area contributed by atoms with Crippen LogP contribution in [0.1, 0.15) is 62.0 Å². The van der Waals surface area contributed by atoms with Crippen LogP contribution in [0.3, 0.4) is 0 Å². The van der Waals surface area contributed by atoms with E-state index < -0.39 is 18.0 Å². The summed E-state index contributed by atoms with van der Waals surface area (Å²) in [6.07, 6.45) is 4.63. The van der Waals surface area contributed by atoms with Crippen molar-refractivity contribution in [2.24, 2.45) is 5.41 Å². The number of fused-ring (bicyclic) bond motifs is 2. The van der Waals surface area contributed by atoms with Gasteiger partial charge < -0.3 is 10.6 Å². The van der Waals surface area contributed by atoms with Gasteiger partial charge in [0, 0.05) is 41.8 Å². The van der Waals surface area contributed by atoms with E-state index in [1.165, 1.54) is 10.9 Å². The second-order valence-electron chi connectivity index (χ2n) is 11.8. The summed E-state index contributed by atoms with van der Waals surface area (Å²) in [6.45, 7) is 6.83. The normalized spacial score (nSPS) is 15.0. The van der Waals surface area contributed by atoms with E-state index in [9.17, 15) is 19.3 Å². The fraction of sp³-hybridized carbons (Fsp3) is 0.333. The molecule has 2 N–H and O–H groups in total. The lowest BCUT2D eigenvalue weighted by Gasteiger charge is -2.22. The Balaban J connectivity index is 1.49. The predicted molar refractivity (Wildman–Crippen MR) is 153 cm³/mol.